The Kier molecular flexibility index (Phi) is 6.02. The molecule has 7 heteroatoms. The lowest BCUT2D eigenvalue weighted by Crippen LogP contribution is -2.20. The molecule has 2 heterocycles. The highest BCUT2D eigenvalue weighted by atomic mass is 16.5. The molecule has 0 N–H and O–H groups in total. The Hall–Kier alpha value is -3.19. The lowest BCUT2D eigenvalue weighted by atomic mass is 10.1. The Morgan fingerprint density at radius 2 is 1.86 bits per heavy atom. The highest BCUT2D eigenvalue weighted by Crippen LogP contribution is 2.38. The molecule has 7 nitrogen and oxygen atoms in total. The minimum absolute atomic E-state index is 0.180. The monoisotopic (exact) mass is 471 g/mol. The number of ether oxygens (including phenoxy) is 2. The second-order valence-electron chi connectivity index (χ2n) is 10.2. The number of fused-ring (bicyclic) bond motifs is 1. The van der Waals surface area contributed by atoms with E-state index in [-0.39, 0.29) is 5.92 Å². The van der Waals surface area contributed by atoms with E-state index in [2.05, 4.69) is 46.4 Å². The molecule has 2 fully saturated rings. The summed E-state index contributed by atoms with van der Waals surface area (Å²) < 4.78 is 11.7. The minimum atomic E-state index is 0.180. The first-order valence-corrected chi connectivity index (χ1v) is 12.7. The molecule has 0 amide bonds. The number of aromatic nitrogens is 2. The third-order valence-corrected chi connectivity index (χ3v) is 7.10. The predicted molar refractivity (Wildman–Crippen MR) is 139 cm³/mol. The first-order valence-electron chi connectivity index (χ1n) is 12.7. The molecule has 2 aliphatic carbocycles. The Morgan fingerprint density at radius 3 is 2.60 bits per heavy atom. The van der Waals surface area contributed by atoms with Crippen LogP contribution in [-0.4, -0.2) is 55.0 Å². The van der Waals surface area contributed by atoms with E-state index in [0.29, 0.717) is 12.5 Å². The van der Waals surface area contributed by atoms with Crippen LogP contribution >= 0.6 is 0 Å². The van der Waals surface area contributed by atoms with Gasteiger partial charge in [-0.15, -0.1) is 0 Å². The molecule has 3 aromatic rings. The minimum Gasteiger partial charge on any atom is -0.497 e. The summed E-state index contributed by atoms with van der Waals surface area (Å²) in [5.41, 5.74) is 6.20. The summed E-state index contributed by atoms with van der Waals surface area (Å²) in [4.78, 5) is 12.1. The zero-order valence-electron chi connectivity index (χ0n) is 20.6. The topological polar surface area (TPSA) is 63.1 Å². The average Bonchev–Trinajstić information content (AvgIpc) is 3.81. The fourth-order valence-electron chi connectivity index (χ4n) is 4.65. The number of likely N-dealkylation sites (N-methyl/N-ethyl adjacent to an activating group) is 1. The molecule has 0 spiro atoms. The van der Waals surface area contributed by atoms with Gasteiger partial charge in [0, 0.05) is 56.6 Å². The van der Waals surface area contributed by atoms with Crippen molar-refractivity contribution in [3.63, 3.8) is 0 Å². The van der Waals surface area contributed by atoms with E-state index in [9.17, 15) is 0 Å². The smallest absolute Gasteiger partial charge is 0.121 e. The molecule has 182 valence electrons. The van der Waals surface area contributed by atoms with Crippen LogP contribution in [0.15, 0.2) is 47.7 Å². The largest absolute Gasteiger partial charge is 0.497 e. The number of hydrogen-bond acceptors (Lipinski definition) is 7. The molecule has 35 heavy (non-hydrogen) atoms. The molecule has 2 aromatic carbocycles. The number of benzene rings is 2. The molecule has 3 aliphatic rings. The summed E-state index contributed by atoms with van der Waals surface area (Å²) in [6.07, 6.45) is 9.01. The van der Waals surface area contributed by atoms with Gasteiger partial charge in [-0.2, -0.15) is 5.10 Å². The molecule has 0 bridgehead atoms. The Balaban J connectivity index is 1.32. The van der Waals surface area contributed by atoms with E-state index < -0.39 is 0 Å². The number of nitrogens with zero attached hydrogens (tertiary/aromatic N) is 5. The van der Waals surface area contributed by atoms with Crippen LogP contribution in [-0.2, 0) is 11.3 Å². The Morgan fingerprint density at radius 1 is 1.00 bits per heavy atom. The van der Waals surface area contributed by atoms with Crippen LogP contribution in [0.3, 0.4) is 0 Å². The van der Waals surface area contributed by atoms with Crippen molar-refractivity contribution in [2.24, 2.45) is 16.9 Å². The fraction of sp³-hybridized carbons (Fsp3) is 0.464. The van der Waals surface area contributed by atoms with Crippen molar-refractivity contribution >= 4 is 28.6 Å². The van der Waals surface area contributed by atoms with Crippen LogP contribution in [0, 0.1) is 11.8 Å². The van der Waals surface area contributed by atoms with Crippen molar-refractivity contribution in [2.75, 3.05) is 38.8 Å². The van der Waals surface area contributed by atoms with Crippen molar-refractivity contribution in [3.05, 3.63) is 53.9 Å². The van der Waals surface area contributed by atoms with Gasteiger partial charge in [-0.3, -0.25) is 9.99 Å². The number of rotatable bonds is 10. The molecule has 0 radical (unpaired) electrons. The maximum atomic E-state index is 6.00. The summed E-state index contributed by atoms with van der Waals surface area (Å²) in [7, 11) is 3.72. The number of anilines is 2. The lowest BCUT2D eigenvalue weighted by molar-refractivity contribution is 0.111. The molecule has 1 atom stereocenters. The Labute approximate surface area is 206 Å². The lowest BCUT2D eigenvalue weighted by Gasteiger charge is -2.26. The third-order valence-electron chi connectivity index (χ3n) is 7.10. The zero-order valence-corrected chi connectivity index (χ0v) is 20.6. The molecule has 0 saturated heterocycles. The number of hydrazone groups is 1. The first kappa shape index (κ1) is 22.3. The molecule has 1 unspecified atom stereocenters. The number of methoxy groups -OCH3 is 1. The highest BCUT2D eigenvalue weighted by Gasteiger charge is 2.27. The normalized spacial score (nSPS) is 19.5. The molecule has 1 aromatic heterocycles. The van der Waals surface area contributed by atoms with Crippen molar-refractivity contribution in [2.45, 2.75) is 38.2 Å². The second-order valence-corrected chi connectivity index (χ2v) is 10.2. The summed E-state index contributed by atoms with van der Waals surface area (Å²) in [5.74, 6) is 2.51. The average molecular weight is 472 g/mol. The highest BCUT2D eigenvalue weighted by molar-refractivity contribution is 5.82. The van der Waals surface area contributed by atoms with E-state index in [4.69, 9.17) is 19.4 Å². The van der Waals surface area contributed by atoms with Gasteiger partial charge in [0.25, 0.3) is 0 Å². The van der Waals surface area contributed by atoms with Crippen LogP contribution in [0.25, 0.3) is 11.0 Å². The van der Waals surface area contributed by atoms with Crippen LogP contribution in [0.1, 0.15) is 42.9 Å². The van der Waals surface area contributed by atoms with Gasteiger partial charge in [0.1, 0.15) is 5.75 Å². The molecule has 6 rings (SSSR count). The predicted octanol–water partition coefficient (Wildman–Crippen LogP) is 5.13. The van der Waals surface area contributed by atoms with Gasteiger partial charge in [-0.1, -0.05) is 0 Å². The van der Waals surface area contributed by atoms with E-state index >= 15 is 0 Å². The van der Waals surface area contributed by atoms with E-state index in [0.717, 1.165) is 65.0 Å². The van der Waals surface area contributed by atoms with Gasteiger partial charge in [0.15, 0.2) is 0 Å². The van der Waals surface area contributed by atoms with E-state index in [1.54, 1.807) is 7.11 Å². The quantitative estimate of drug-likeness (QED) is 0.409. The zero-order chi connectivity index (χ0) is 23.8. The van der Waals surface area contributed by atoms with Gasteiger partial charge >= 0.3 is 0 Å². The maximum Gasteiger partial charge on any atom is 0.121 e. The van der Waals surface area contributed by atoms with Gasteiger partial charge in [-0.05, 0) is 73.4 Å². The van der Waals surface area contributed by atoms with Crippen LogP contribution in [0.2, 0.25) is 0 Å². The van der Waals surface area contributed by atoms with Crippen LogP contribution in [0.5, 0.6) is 5.75 Å². The van der Waals surface area contributed by atoms with Crippen LogP contribution in [0.4, 0.5) is 11.4 Å². The molecule has 2 saturated carbocycles. The van der Waals surface area contributed by atoms with Gasteiger partial charge in [-0.25, -0.2) is 4.98 Å². The van der Waals surface area contributed by atoms with Gasteiger partial charge in [0.05, 0.1) is 36.4 Å². The van der Waals surface area contributed by atoms with Crippen molar-refractivity contribution in [1.82, 2.24) is 15.0 Å². The summed E-state index contributed by atoms with van der Waals surface area (Å²) in [6.45, 7) is 3.28. The maximum absolute atomic E-state index is 6.00. The summed E-state index contributed by atoms with van der Waals surface area (Å²) in [6, 6.07) is 12.9. The second kappa shape index (κ2) is 9.46. The van der Waals surface area contributed by atoms with E-state index in [1.165, 1.54) is 25.7 Å². The SMILES string of the molecule is COc1cc(COCC2CC2)cc(N(CC2CC2)c2ccc3ncc(C4C=NN(C)C4)nc3c2)c1. The first-order chi connectivity index (χ1) is 17.1. The summed E-state index contributed by atoms with van der Waals surface area (Å²) >= 11 is 0. The van der Waals surface area contributed by atoms with E-state index in [1.807, 2.05) is 24.5 Å². The fourth-order valence-corrected chi connectivity index (χ4v) is 4.65. The third kappa shape index (κ3) is 5.25. The standard InChI is InChI=1S/C28H33N5O2/c1-32-16-22(13-30-32)28-14-29-26-8-7-23(12-27(26)31-28)33(15-19-3-4-19)24-9-21(10-25(11-24)34-2)18-35-17-20-5-6-20/h7-14,19-20,22H,3-6,15-18H2,1-2H3. The Bertz CT molecular complexity index is 1240. The van der Waals surface area contributed by atoms with Crippen LogP contribution < -0.4 is 9.64 Å². The van der Waals surface area contributed by atoms with Gasteiger partial charge in [0.2, 0.25) is 0 Å². The molecular weight excluding hydrogens is 438 g/mol. The van der Waals surface area contributed by atoms with Crippen molar-refractivity contribution < 1.29 is 9.47 Å². The van der Waals surface area contributed by atoms with Crippen molar-refractivity contribution in [1.29, 1.82) is 0 Å². The summed E-state index contributed by atoms with van der Waals surface area (Å²) in [5, 5.41) is 6.31. The molecule has 1 aliphatic heterocycles. The number of hydrogen-bond donors (Lipinski definition) is 0. The molecular formula is C28H33N5O2. The van der Waals surface area contributed by atoms with Gasteiger partial charge < -0.3 is 14.4 Å². The van der Waals surface area contributed by atoms with Crippen molar-refractivity contribution in [3.8, 4) is 5.75 Å².